The van der Waals surface area contributed by atoms with Gasteiger partial charge in [-0.15, -0.1) is 0 Å². The molecule has 0 fully saturated rings. The minimum atomic E-state index is -0.441. The van der Waals surface area contributed by atoms with E-state index >= 15 is 0 Å². The first-order valence-electron chi connectivity index (χ1n) is 5.99. The molecule has 2 rings (SSSR count). The van der Waals surface area contributed by atoms with Crippen LogP contribution in [0.4, 0.5) is 10.1 Å². The lowest BCUT2D eigenvalue weighted by Crippen LogP contribution is -2.16. The van der Waals surface area contributed by atoms with Gasteiger partial charge in [0.25, 0.3) is 0 Å². The Kier molecular flexibility index (Phi) is 4.72. The van der Waals surface area contributed by atoms with Crippen molar-refractivity contribution in [3.05, 3.63) is 52.2 Å². The van der Waals surface area contributed by atoms with Crippen LogP contribution in [0.5, 0.6) is 0 Å². The Bertz CT molecular complexity index is 519. The fraction of sp³-hybridized carbons (Fsp3) is 0.286. The highest BCUT2D eigenvalue weighted by atomic mass is 35.5. The van der Waals surface area contributed by atoms with Crippen LogP contribution in [-0.2, 0) is 6.42 Å². The summed E-state index contributed by atoms with van der Waals surface area (Å²) in [6.45, 7) is 2.01. The number of hydrogen-bond donors (Lipinski definition) is 1. The Morgan fingerprint density at radius 3 is 2.58 bits per heavy atom. The molecule has 0 aliphatic heterocycles. The van der Waals surface area contributed by atoms with E-state index in [-0.39, 0.29) is 16.1 Å². The van der Waals surface area contributed by atoms with Crippen LogP contribution in [0.1, 0.15) is 19.1 Å². The van der Waals surface area contributed by atoms with E-state index < -0.39 is 5.82 Å². The maximum atomic E-state index is 13.1. The molecule has 1 aromatic heterocycles. The average Bonchev–Trinajstić information content (AvgIpc) is 2.84. The van der Waals surface area contributed by atoms with Crippen LogP contribution in [0.3, 0.4) is 0 Å². The third-order valence-corrected chi connectivity index (χ3v) is 3.40. The molecule has 102 valence electrons. The van der Waals surface area contributed by atoms with Crippen molar-refractivity contribution >= 4 is 28.9 Å². The minimum absolute atomic E-state index is 0.144. The van der Waals surface area contributed by atoms with Gasteiger partial charge >= 0.3 is 0 Å². The molecule has 1 atom stereocenters. The minimum Gasteiger partial charge on any atom is -0.469 e. The first-order valence-corrected chi connectivity index (χ1v) is 6.75. The van der Waals surface area contributed by atoms with Crippen LogP contribution in [0.25, 0.3) is 0 Å². The summed E-state index contributed by atoms with van der Waals surface area (Å²) >= 11 is 11.9. The van der Waals surface area contributed by atoms with E-state index in [2.05, 4.69) is 5.32 Å². The number of anilines is 1. The van der Waals surface area contributed by atoms with Crippen LogP contribution in [-0.4, -0.2) is 6.04 Å². The van der Waals surface area contributed by atoms with Gasteiger partial charge in [0.05, 0.1) is 22.0 Å². The molecule has 0 amide bonds. The fourth-order valence-electron chi connectivity index (χ4n) is 1.81. The number of hydrogen-bond acceptors (Lipinski definition) is 2. The molecule has 1 unspecified atom stereocenters. The molecule has 0 spiro atoms. The molecule has 2 nitrogen and oxygen atoms in total. The van der Waals surface area contributed by atoms with Gasteiger partial charge in [0, 0.05) is 12.5 Å². The van der Waals surface area contributed by atoms with Gasteiger partial charge in [0.15, 0.2) is 0 Å². The normalized spacial score (nSPS) is 12.4. The van der Waals surface area contributed by atoms with Crippen LogP contribution < -0.4 is 5.32 Å². The SMILES string of the molecule is CC(CCc1ccco1)Nc1c(Cl)cc(F)cc1Cl. The fourth-order valence-corrected chi connectivity index (χ4v) is 2.38. The lowest BCUT2D eigenvalue weighted by Gasteiger charge is -2.17. The summed E-state index contributed by atoms with van der Waals surface area (Å²) in [4.78, 5) is 0. The summed E-state index contributed by atoms with van der Waals surface area (Å²) in [7, 11) is 0. The molecule has 0 aliphatic carbocycles. The van der Waals surface area contributed by atoms with Gasteiger partial charge in [0.2, 0.25) is 0 Å². The number of furan rings is 1. The lowest BCUT2D eigenvalue weighted by atomic mass is 10.1. The van der Waals surface area contributed by atoms with E-state index in [0.29, 0.717) is 5.69 Å². The van der Waals surface area contributed by atoms with Crippen molar-refractivity contribution in [3.63, 3.8) is 0 Å². The summed E-state index contributed by atoms with van der Waals surface area (Å²) in [5, 5.41) is 3.77. The summed E-state index contributed by atoms with van der Waals surface area (Å²) in [6.07, 6.45) is 3.33. The summed E-state index contributed by atoms with van der Waals surface area (Å²) in [5.74, 6) is 0.494. The van der Waals surface area contributed by atoms with E-state index in [1.165, 1.54) is 12.1 Å². The summed E-state index contributed by atoms with van der Waals surface area (Å²) in [5.41, 5.74) is 0.566. The van der Waals surface area contributed by atoms with Crippen molar-refractivity contribution in [2.24, 2.45) is 0 Å². The van der Waals surface area contributed by atoms with Crippen molar-refractivity contribution < 1.29 is 8.81 Å². The Labute approximate surface area is 121 Å². The monoisotopic (exact) mass is 301 g/mol. The third-order valence-electron chi connectivity index (χ3n) is 2.80. The Morgan fingerprint density at radius 2 is 2.00 bits per heavy atom. The molecular weight excluding hydrogens is 288 g/mol. The predicted octanol–water partition coefficient (Wildman–Crippen LogP) is 5.16. The molecular formula is C14H14Cl2FNO. The second-order valence-electron chi connectivity index (χ2n) is 4.41. The van der Waals surface area contributed by atoms with Crippen LogP contribution in [0.15, 0.2) is 34.9 Å². The van der Waals surface area contributed by atoms with Crippen LogP contribution in [0, 0.1) is 5.82 Å². The molecule has 0 aliphatic rings. The predicted molar refractivity (Wildman–Crippen MR) is 76.5 cm³/mol. The standard InChI is InChI=1S/C14H14Cl2FNO/c1-9(4-5-11-3-2-6-19-11)18-14-12(15)7-10(17)8-13(14)16/h2-3,6-9,18H,4-5H2,1H3. The topological polar surface area (TPSA) is 25.2 Å². The zero-order chi connectivity index (χ0) is 13.8. The number of aryl methyl sites for hydroxylation is 1. The lowest BCUT2D eigenvalue weighted by molar-refractivity contribution is 0.495. The van der Waals surface area contributed by atoms with Crippen molar-refractivity contribution in [3.8, 4) is 0 Å². The molecule has 5 heteroatoms. The van der Waals surface area contributed by atoms with E-state index in [4.69, 9.17) is 27.6 Å². The Balaban J connectivity index is 1.97. The highest BCUT2D eigenvalue weighted by Crippen LogP contribution is 2.32. The van der Waals surface area contributed by atoms with E-state index in [1.807, 2.05) is 19.1 Å². The second-order valence-corrected chi connectivity index (χ2v) is 5.22. The van der Waals surface area contributed by atoms with Crippen LogP contribution >= 0.6 is 23.2 Å². The quantitative estimate of drug-likeness (QED) is 0.825. The zero-order valence-corrected chi connectivity index (χ0v) is 11.9. The molecule has 0 saturated carbocycles. The molecule has 2 aromatic rings. The van der Waals surface area contributed by atoms with Crippen molar-refractivity contribution in [2.75, 3.05) is 5.32 Å². The largest absolute Gasteiger partial charge is 0.469 e. The van der Waals surface area contributed by atoms with Crippen molar-refractivity contribution in [1.29, 1.82) is 0 Å². The molecule has 0 saturated heterocycles. The molecule has 1 heterocycles. The maximum Gasteiger partial charge on any atom is 0.126 e. The number of rotatable bonds is 5. The number of benzene rings is 1. The van der Waals surface area contributed by atoms with Gasteiger partial charge in [-0.3, -0.25) is 0 Å². The molecule has 0 radical (unpaired) electrons. The van der Waals surface area contributed by atoms with E-state index in [0.717, 1.165) is 18.6 Å². The van der Waals surface area contributed by atoms with Gasteiger partial charge in [-0.1, -0.05) is 23.2 Å². The van der Waals surface area contributed by atoms with E-state index in [1.54, 1.807) is 6.26 Å². The van der Waals surface area contributed by atoms with Crippen molar-refractivity contribution in [1.82, 2.24) is 0 Å². The van der Waals surface area contributed by atoms with Crippen LogP contribution in [0.2, 0.25) is 10.0 Å². The molecule has 1 N–H and O–H groups in total. The molecule has 1 aromatic carbocycles. The highest BCUT2D eigenvalue weighted by molar-refractivity contribution is 6.39. The van der Waals surface area contributed by atoms with Gasteiger partial charge in [-0.2, -0.15) is 0 Å². The molecule has 0 bridgehead atoms. The Morgan fingerprint density at radius 1 is 1.32 bits per heavy atom. The summed E-state index contributed by atoms with van der Waals surface area (Å²) in [6, 6.07) is 6.43. The van der Waals surface area contributed by atoms with Gasteiger partial charge in [-0.05, 0) is 37.6 Å². The van der Waals surface area contributed by atoms with E-state index in [9.17, 15) is 4.39 Å². The first kappa shape index (κ1) is 14.2. The number of nitrogens with one attached hydrogen (secondary N) is 1. The van der Waals surface area contributed by atoms with Crippen molar-refractivity contribution in [2.45, 2.75) is 25.8 Å². The zero-order valence-electron chi connectivity index (χ0n) is 10.4. The third kappa shape index (κ3) is 3.88. The maximum absolute atomic E-state index is 13.1. The number of halogens is 3. The van der Waals surface area contributed by atoms with Gasteiger partial charge in [0.1, 0.15) is 11.6 Å². The van der Waals surface area contributed by atoms with Gasteiger partial charge in [-0.25, -0.2) is 4.39 Å². The summed E-state index contributed by atoms with van der Waals surface area (Å²) < 4.78 is 18.3. The average molecular weight is 302 g/mol. The first-order chi connectivity index (χ1) is 9.06. The van der Waals surface area contributed by atoms with Gasteiger partial charge < -0.3 is 9.73 Å². The Hall–Kier alpha value is -1.19. The second kappa shape index (κ2) is 6.31. The smallest absolute Gasteiger partial charge is 0.126 e. The molecule has 19 heavy (non-hydrogen) atoms. The highest BCUT2D eigenvalue weighted by Gasteiger charge is 2.11.